The summed E-state index contributed by atoms with van der Waals surface area (Å²) in [4.78, 5) is -0.105. The van der Waals surface area contributed by atoms with Crippen molar-refractivity contribution < 1.29 is 13.0 Å². The minimum atomic E-state index is -4.26. The van der Waals surface area contributed by atoms with Gasteiger partial charge in [0.05, 0.1) is 0 Å². The summed E-state index contributed by atoms with van der Waals surface area (Å²) in [6, 6.07) is 13.9. The summed E-state index contributed by atoms with van der Waals surface area (Å²) in [5, 5.41) is 0. The van der Waals surface area contributed by atoms with Crippen LogP contribution in [0.2, 0.25) is 0 Å². The molecule has 4 heteroatoms. The van der Waals surface area contributed by atoms with Crippen LogP contribution in [0.25, 0.3) is 17.2 Å². The van der Waals surface area contributed by atoms with Crippen molar-refractivity contribution in [2.24, 2.45) is 0 Å². The van der Waals surface area contributed by atoms with Crippen molar-refractivity contribution in [2.45, 2.75) is 4.90 Å². The summed E-state index contributed by atoms with van der Waals surface area (Å²) in [5.74, 6) is 0. The molecular weight excluding hydrogens is 248 g/mol. The average Bonchev–Trinajstić information content (AvgIpc) is 2.38. The van der Waals surface area contributed by atoms with Gasteiger partial charge in [-0.15, -0.1) is 0 Å². The maximum absolute atomic E-state index is 11.4. The number of hydrogen-bond acceptors (Lipinski definition) is 2. The largest absolute Gasteiger partial charge is 0.295 e. The summed E-state index contributed by atoms with van der Waals surface area (Å²) in [6.45, 7) is 3.58. The molecule has 0 aliphatic carbocycles. The molecule has 0 aliphatic rings. The molecule has 0 atom stereocenters. The Morgan fingerprint density at radius 3 is 2.28 bits per heavy atom. The fraction of sp³-hybridized carbons (Fsp3) is 0. The van der Waals surface area contributed by atoms with Crippen molar-refractivity contribution >= 4 is 16.2 Å². The predicted octanol–water partition coefficient (Wildman–Crippen LogP) is 3.24. The zero-order chi connectivity index (χ0) is 13.2. The first-order valence-electron chi connectivity index (χ1n) is 5.32. The summed E-state index contributed by atoms with van der Waals surface area (Å²) in [7, 11) is -4.26. The zero-order valence-electron chi connectivity index (χ0n) is 9.58. The standard InChI is InChI=1S/C14H12O3S/c1-2-11-8-9-13(12-6-4-3-5-7-12)14(10-11)18(15,16)17/h2-10H,1H2,(H,15,16,17). The van der Waals surface area contributed by atoms with Crippen molar-refractivity contribution in [1.82, 2.24) is 0 Å². The Labute approximate surface area is 106 Å². The van der Waals surface area contributed by atoms with Crippen LogP contribution in [0.4, 0.5) is 0 Å². The molecule has 0 aliphatic heterocycles. The van der Waals surface area contributed by atoms with Gasteiger partial charge in [-0.3, -0.25) is 4.55 Å². The van der Waals surface area contributed by atoms with E-state index in [1.165, 1.54) is 12.1 Å². The van der Waals surface area contributed by atoms with E-state index >= 15 is 0 Å². The molecule has 3 nitrogen and oxygen atoms in total. The average molecular weight is 260 g/mol. The van der Waals surface area contributed by atoms with Gasteiger partial charge in [0, 0.05) is 5.56 Å². The summed E-state index contributed by atoms with van der Waals surface area (Å²) < 4.78 is 32.1. The van der Waals surface area contributed by atoms with Gasteiger partial charge >= 0.3 is 0 Å². The maximum Gasteiger partial charge on any atom is 0.295 e. The van der Waals surface area contributed by atoms with Crippen LogP contribution in [-0.4, -0.2) is 13.0 Å². The Morgan fingerprint density at radius 1 is 1.06 bits per heavy atom. The number of hydrogen-bond donors (Lipinski definition) is 1. The lowest BCUT2D eigenvalue weighted by atomic mass is 10.0. The first kappa shape index (κ1) is 12.5. The summed E-state index contributed by atoms with van der Waals surface area (Å²) in [5.41, 5.74) is 1.85. The molecule has 0 saturated carbocycles. The zero-order valence-corrected chi connectivity index (χ0v) is 10.4. The maximum atomic E-state index is 11.4. The SMILES string of the molecule is C=Cc1ccc(-c2ccccc2)c(S(=O)(=O)O)c1. The number of rotatable bonds is 3. The van der Waals surface area contributed by atoms with Crippen molar-refractivity contribution in [3.05, 3.63) is 60.7 Å². The Balaban J connectivity index is 2.72. The highest BCUT2D eigenvalue weighted by molar-refractivity contribution is 7.86. The van der Waals surface area contributed by atoms with Gasteiger partial charge in [0.2, 0.25) is 0 Å². The molecule has 2 rings (SSSR count). The summed E-state index contributed by atoms with van der Waals surface area (Å²) >= 11 is 0. The van der Waals surface area contributed by atoms with E-state index in [9.17, 15) is 13.0 Å². The van der Waals surface area contributed by atoms with E-state index in [0.717, 1.165) is 5.56 Å². The molecule has 0 unspecified atom stereocenters. The first-order valence-corrected chi connectivity index (χ1v) is 6.76. The van der Waals surface area contributed by atoms with Crippen LogP contribution in [0.15, 0.2) is 60.0 Å². The molecule has 18 heavy (non-hydrogen) atoms. The Kier molecular flexibility index (Phi) is 3.32. The van der Waals surface area contributed by atoms with Crippen LogP contribution in [0.5, 0.6) is 0 Å². The van der Waals surface area contributed by atoms with Crippen LogP contribution >= 0.6 is 0 Å². The molecule has 2 aromatic carbocycles. The Bertz CT molecular complexity index is 673. The monoisotopic (exact) mass is 260 g/mol. The molecule has 0 heterocycles. The Morgan fingerprint density at radius 2 is 1.72 bits per heavy atom. The third kappa shape index (κ3) is 2.50. The van der Waals surface area contributed by atoms with Gasteiger partial charge in [0.15, 0.2) is 0 Å². The minimum Gasteiger partial charge on any atom is -0.282 e. The van der Waals surface area contributed by atoms with Crippen LogP contribution in [0.3, 0.4) is 0 Å². The van der Waals surface area contributed by atoms with E-state index < -0.39 is 10.1 Å². The van der Waals surface area contributed by atoms with E-state index in [2.05, 4.69) is 6.58 Å². The van der Waals surface area contributed by atoms with E-state index in [-0.39, 0.29) is 4.90 Å². The highest BCUT2D eigenvalue weighted by Gasteiger charge is 2.16. The van der Waals surface area contributed by atoms with Crippen LogP contribution in [0.1, 0.15) is 5.56 Å². The van der Waals surface area contributed by atoms with E-state index in [1.54, 1.807) is 24.3 Å². The molecule has 0 saturated heterocycles. The smallest absolute Gasteiger partial charge is 0.282 e. The fourth-order valence-corrected chi connectivity index (χ4v) is 2.48. The molecule has 0 aromatic heterocycles. The fourth-order valence-electron chi connectivity index (χ4n) is 1.74. The third-order valence-corrected chi connectivity index (χ3v) is 3.50. The normalized spacial score (nSPS) is 11.2. The predicted molar refractivity (Wildman–Crippen MR) is 71.8 cm³/mol. The number of benzene rings is 2. The Hall–Kier alpha value is -1.91. The van der Waals surface area contributed by atoms with Gasteiger partial charge < -0.3 is 0 Å². The topological polar surface area (TPSA) is 54.4 Å². The first-order chi connectivity index (χ1) is 8.52. The lowest BCUT2D eigenvalue weighted by molar-refractivity contribution is 0.483. The second-order valence-electron chi connectivity index (χ2n) is 3.80. The van der Waals surface area contributed by atoms with Gasteiger partial charge in [-0.1, -0.05) is 55.1 Å². The second kappa shape index (κ2) is 4.76. The van der Waals surface area contributed by atoms with Crippen molar-refractivity contribution in [3.8, 4) is 11.1 Å². The molecular formula is C14H12O3S. The van der Waals surface area contributed by atoms with Crippen LogP contribution < -0.4 is 0 Å². The highest BCUT2D eigenvalue weighted by Crippen LogP contribution is 2.28. The van der Waals surface area contributed by atoms with Gasteiger partial charge in [0.1, 0.15) is 4.90 Å². The molecule has 2 aromatic rings. The third-order valence-electron chi connectivity index (χ3n) is 2.60. The molecule has 0 radical (unpaired) electrons. The van der Waals surface area contributed by atoms with Crippen molar-refractivity contribution in [2.75, 3.05) is 0 Å². The molecule has 92 valence electrons. The molecule has 1 N–H and O–H groups in total. The molecule has 0 fully saturated rings. The lowest BCUT2D eigenvalue weighted by Crippen LogP contribution is -2.01. The highest BCUT2D eigenvalue weighted by atomic mass is 32.2. The van der Waals surface area contributed by atoms with E-state index in [1.807, 2.05) is 18.2 Å². The van der Waals surface area contributed by atoms with E-state index in [4.69, 9.17) is 0 Å². The minimum absolute atomic E-state index is 0.105. The van der Waals surface area contributed by atoms with Gasteiger partial charge in [-0.05, 0) is 17.2 Å². The second-order valence-corrected chi connectivity index (χ2v) is 5.19. The quantitative estimate of drug-likeness (QED) is 0.862. The molecule has 0 spiro atoms. The van der Waals surface area contributed by atoms with Gasteiger partial charge in [-0.25, -0.2) is 0 Å². The van der Waals surface area contributed by atoms with E-state index in [0.29, 0.717) is 11.1 Å². The van der Waals surface area contributed by atoms with Crippen LogP contribution in [0, 0.1) is 0 Å². The van der Waals surface area contributed by atoms with Gasteiger partial charge in [-0.2, -0.15) is 8.42 Å². The lowest BCUT2D eigenvalue weighted by Gasteiger charge is -2.08. The molecule has 0 amide bonds. The molecule has 0 bridgehead atoms. The van der Waals surface area contributed by atoms with Gasteiger partial charge in [0.25, 0.3) is 10.1 Å². The van der Waals surface area contributed by atoms with Crippen molar-refractivity contribution in [1.29, 1.82) is 0 Å². The van der Waals surface area contributed by atoms with Crippen molar-refractivity contribution in [3.63, 3.8) is 0 Å². The van der Waals surface area contributed by atoms with Crippen LogP contribution in [-0.2, 0) is 10.1 Å². The summed E-state index contributed by atoms with van der Waals surface area (Å²) in [6.07, 6.45) is 1.53.